The molecule has 0 radical (unpaired) electrons. The highest BCUT2D eigenvalue weighted by atomic mass is 32.2. The first-order chi connectivity index (χ1) is 16.6. The van der Waals surface area contributed by atoms with E-state index >= 15 is 0 Å². The Bertz CT molecular complexity index is 1160. The van der Waals surface area contributed by atoms with Gasteiger partial charge in [0.1, 0.15) is 12.6 Å². The third kappa shape index (κ3) is 7.80. The minimum atomic E-state index is -3.98. The van der Waals surface area contributed by atoms with Gasteiger partial charge in [-0.05, 0) is 70.7 Å². The van der Waals surface area contributed by atoms with Crippen LogP contribution in [0.25, 0.3) is 0 Å². The second-order valence-electron chi connectivity index (χ2n) is 10.3. The number of nitrogens with zero attached hydrogens (tertiary/aromatic N) is 3. The number of hydrogen-bond donors (Lipinski definition) is 1. The zero-order chi connectivity index (χ0) is 27.3. The summed E-state index contributed by atoms with van der Waals surface area (Å²) < 4.78 is 28.9. The summed E-state index contributed by atoms with van der Waals surface area (Å²) in [5, 5.41) is 2.93. The maximum atomic E-state index is 13.7. The molecular weight excluding hydrogens is 476 g/mol. The fourth-order valence-electron chi connectivity index (χ4n) is 3.73. The van der Waals surface area contributed by atoms with Gasteiger partial charge in [0, 0.05) is 26.2 Å². The monoisotopic (exact) mass is 516 g/mol. The molecule has 36 heavy (non-hydrogen) atoms. The molecule has 198 valence electrons. The van der Waals surface area contributed by atoms with Crippen molar-refractivity contribution < 1.29 is 18.0 Å². The molecule has 0 heterocycles. The van der Waals surface area contributed by atoms with Crippen LogP contribution in [0.2, 0.25) is 0 Å². The average molecular weight is 517 g/mol. The van der Waals surface area contributed by atoms with Crippen LogP contribution in [0.1, 0.15) is 44.4 Å². The highest BCUT2D eigenvalue weighted by molar-refractivity contribution is 7.90. The van der Waals surface area contributed by atoms with E-state index in [1.807, 2.05) is 77.1 Å². The van der Waals surface area contributed by atoms with Crippen LogP contribution in [0, 0.1) is 13.8 Å². The normalized spacial score (nSPS) is 12.8. The van der Waals surface area contributed by atoms with Crippen molar-refractivity contribution in [1.29, 1.82) is 0 Å². The first-order valence-corrected chi connectivity index (χ1v) is 13.5. The van der Waals surface area contributed by atoms with Crippen molar-refractivity contribution in [3.63, 3.8) is 0 Å². The molecule has 1 atom stereocenters. The molecule has 1 unspecified atom stereocenters. The summed E-state index contributed by atoms with van der Waals surface area (Å²) in [4.78, 5) is 28.2. The number of amides is 2. The smallest absolute Gasteiger partial charge is 0.304 e. The molecule has 2 aromatic rings. The lowest BCUT2D eigenvalue weighted by Gasteiger charge is -2.34. The highest BCUT2D eigenvalue weighted by Gasteiger charge is 2.33. The molecule has 2 rings (SSSR count). The molecule has 0 fully saturated rings. The van der Waals surface area contributed by atoms with Crippen molar-refractivity contribution >= 4 is 27.7 Å². The first-order valence-electron chi connectivity index (χ1n) is 12.1. The Hall–Kier alpha value is -2.91. The lowest BCUT2D eigenvalue weighted by atomic mass is 10.1. The summed E-state index contributed by atoms with van der Waals surface area (Å²) in [6.45, 7) is 10.8. The van der Waals surface area contributed by atoms with Crippen LogP contribution in [0.5, 0.6) is 0 Å². The SMILES string of the molecule is Cc1ccc(C)c(N(CC(=O)N(CCc2ccccc2)C(C)C(=O)NC(C)(C)C)S(=O)(=O)N(C)C)c1. The molecule has 0 saturated carbocycles. The average Bonchev–Trinajstić information content (AvgIpc) is 2.78. The molecule has 1 N–H and O–H groups in total. The number of rotatable bonds is 10. The lowest BCUT2D eigenvalue weighted by molar-refractivity contribution is -0.139. The molecule has 8 nitrogen and oxygen atoms in total. The summed E-state index contributed by atoms with van der Waals surface area (Å²) in [7, 11) is -1.11. The lowest BCUT2D eigenvalue weighted by Crippen LogP contribution is -2.55. The Morgan fingerprint density at radius 3 is 2.17 bits per heavy atom. The van der Waals surface area contributed by atoms with E-state index < -0.39 is 34.2 Å². The molecule has 0 spiro atoms. The molecule has 9 heteroatoms. The zero-order valence-corrected chi connectivity index (χ0v) is 23.5. The first kappa shape index (κ1) is 29.3. The van der Waals surface area contributed by atoms with Gasteiger partial charge in [-0.3, -0.25) is 9.59 Å². The van der Waals surface area contributed by atoms with Crippen LogP contribution in [-0.2, 0) is 26.2 Å². The van der Waals surface area contributed by atoms with E-state index in [9.17, 15) is 18.0 Å². The van der Waals surface area contributed by atoms with Gasteiger partial charge in [0.15, 0.2) is 0 Å². The number of nitrogens with one attached hydrogen (secondary N) is 1. The molecular formula is C27H40N4O4S. The topological polar surface area (TPSA) is 90.0 Å². The van der Waals surface area contributed by atoms with Crippen LogP contribution < -0.4 is 9.62 Å². The Balaban J connectivity index is 2.45. The van der Waals surface area contributed by atoms with E-state index in [0.29, 0.717) is 12.1 Å². The van der Waals surface area contributed by atoms with Gasteiger partial charge in [0.05, 0.1) is 5.69 Å². The fourth-order valence-corrected chi connectivity index (χ4v) is 4.85. The minimum absolute atomic E-state index is 0.268. The minimum Gasteiger partial charge on any atom is -0.350 e. The summed E-state index contributed by atoms with van der Waals surface area (Å²) in [5.74, 6) is -0.744. The Kier molecular flexibility index (Phi) is 9.68. The number of benzene rings is 2. The van der Waals surface area contributed by atoms with Gasteiger partial charge in [-0.15, -0.1) is 0 Å². The van der Waals surface area contributed by atoms with Crippen molar-refractivity contribution in [3.8, 4) is 0 Å². The summed E-state index contributed by atoms with van der Waals surface area (Å²) >= 11 is 0. The van der Waals surface area contributed by atoms with Crippen LogP contribution in [0.15, 0.2) is 48.5 Å². The van der Waals surface area contributed by atoms with Crippen LogP contribution in [-0.4, -0.2) is 68.2 Å². The van der Waals surface area contributed by atoms with Gasteiger partial charge in [-0.25, -0.2) is 4.31 Å². The van der Waals surface area contributed by atoms with Crippen molar-refractivity contribution in [2.45, 2.75) is 59.5 Å². The van der Waals surface area contributed by atoms with Gasteiger partial charge in [0.25, 0.3) is 0 Å². The number of carbonyl (C=O) groups excluding carboxylic acids is 2. The third-order valence-electron chi connectivity index (χ3n) is 5.80. The summed E-state index contributed by atoms with van der Waals surface area (Å²) in [6, 6.07) is 14.4. The summed E-state index contributed by atoms with van der Waals surface area (Å²) in [5.41, 5.74) is 2.59. The second-order valence-corrected chi connectivity index (χ2v) is 12.4. The van der Waals surface area contributed by atoms with Crippen LogP contribution in [0.4, 0.5) is 5.69 Å². The Morgan fingerprint density at radius 2 is 1.61 bits per heavy atom. The number of hydrogen-bond acceptors (Lipinski definition) is 4. The van der Waals surface area contributed by atoms with Gasteiger partial charge >= 0.3 is 10.2 Å². The molecule has 0 saturated heterocycles. The van der Waals surface area contributed by atoms with Crippen molar-refractivity contribution in [3.05, 3.63) is 65.2 Å². The molecule has 0 aliphatic rings. The highest BCUT2D eigenvalue weighted by Crippen LogP contribution is 2.25. The maximum Gasteiger partial charge on any atom is 0.304 e. The van der Waals surface area contributed by atoms with Crippen molar-refractivity contribution in [1.82, 2.24) is 14.5 Å². The van der Waals surface area contributed by atoms with Gasteiger partial charge in [0.2, 0.25) is 11.8 Å². The van der Waals surface area contributed by atoms with E-state index in [-0.39, 0.29) is 12.5 Å². The third-order valence-corrected chi connectivity index (χ3v) is 7.61. The van der Waals surface area contributed by atoms with Crippen LogP contribution in [0.3, 0.4) is 0 Å². The van der Waals surface area contributed by atoms with E-state index in [0.717, 1.165) is 25.3 Å². The van der Waals surface area contributed by atoms with E-state index in [4.69, 9.17) is 0 Å². The molecule has 0 aliphatic carbocycles. The predicted octanol–water partition coefficient (Wildman–Crippen LogP) is 3.29. The molecule has 2 amide bonds. The van der Waals surface area contributed by atoms with Crippen molar-refractivity contribution in [2.24, 2.45) is 0 Å². The van der Waals surface area contributed by atoms with E-state index in [1.54, 1.807) is 13.0 Å². The fraction of sp³-hybridized carbons (Fsp3) is 0.481. The van der Waals surface area contributed by atoms with Crippen molar-refractivity contribution in [2.75, 3.05) is 31.5 Å². The quantitative estimate of drug-likeness (QED) is 0.525. The predicted molar refractivity (Wildman–Crippen MR) is 145 cm³/mol. The van der Waals surface area contributed by atoms with Crippen LogP contribution >= 0.6 is 0 Å². The van der Waals surface area contributed by atoms with Gasteiger partial charge < -0.3 is 10.2 Å². The van der Waals surface area contributed by atoms with E-state index in [1.165, 1.54) is 19.0 Å². The maximum absolute atomic E-state index is 13.7. The zero-order valence-electron chi connectivity index (χ0n) is 22.7. The molecule has 2 aromatic carbocycles. The summed E-state index contributed by atoms with van der Waals surface area (Å²) in [6.07, 6.45) is 0.531. The largest absolute Gasteiger partial charge is 0.350 e. The second kappa shape index (κ2) is 11.9. The van der Waals surface area contributed by atoms with E-state index in [2.05, 4.69) is 5.32 Å². The number of carbonyl (C=O) groups is 2. The standard InChI is InChI=1S/C27H40N4O4S/c1-20-14-15-21(2)24(18-20)31(36(34,35)29(7)8)19-25(32)30(17-16-23-12-10-9-11-13-23)22(3)26(33)28-27(4,5)6/h9-15,18,22H,16-17,19H2,1-8H3,(H,28,33). The van der Waals surface area contributed by atoms with Gasteiger partial charge in [-0.2, -0.15) is 12.7 Å². The number of anilines is 1. The Morgan fingerprint density at radius 1 is 1.00 bits per heavy atom. The molecule has 0 bridgehead atoms. The Labute approximate surface area is 216 Å². The molecule has 0 aliphatic heterocycles. The number of aryl methyl sites for hydroxylation is 2. The van der Waals surface area contributed by atoms with Gasteiger partial charge in [-0.1, -0.05) is 42.5 Å². The molecule has 0 aromatic heterocycles.